The summed E-state index contributed by atoms with van der Waals surface area (Å²) in [5.41, 5.74) is 3.35. The lowest BCUT2D eigenvalue weighted by Gasteiger charge is -2.12. The van der Waals surface area contributed by atoms with Gasteiger partial charge in [0, 0.05) is 30.9 Å². The Kier molecular flexibility index (Phi) is 7.59. The zero-order chi connectivity index (χ0) is 18.9. The Hall–Kier alpha value is -2.41. The highest BCUT2D eigenvalue weighted by Crippen LogP contribution is 2.11. The van der Waals surface area contributed by atoms with Crippen LogP contribution < -0.4 is 10.6 Å². The topological polar surface area (TPSA) is 74.5 Å². The van der Waals surface area contributed by atoms with Crippen LogP contribution in [0.4, 0.5) is 4.39 Å². The highest BCUT2D eigenvalue weighted by molar-refractivity contribution is 5.79. The third-order valence-electron chi connectivity index (χ3n) is 3.99. The highest BCUT2D eigenvalue weighted by Gasteiger charge is 2.04. The molecule has 1 aromatic heterocycles. The summed E-state index contributed by atoms with van der Waals surface area (Å²) in [5.74, 6) is 0.324. The van der Waals surface area contributed by atoms with Crippen LogP contribution in [0.1, 0.15) is 35.9 Å². The summed E-state index contributed by atoms with van der Waals surface area (Å²) in [6.45, 7) is 8.55. The fraction of sp³-hybridized carbons (Fsp3) is 0.474. The maximum Gasteiger partial charge on any atom is 0.191 e. The van der Waals surface area contributed by atoms with Gasteiger partial charge in [-0.3, -0.25) is 4.68 Å². The number of hydrogen-bond donors (Lipinski definition) is 3. The third-order valence-corrected chi connectivity index (χ3v) is 3.99. The molecule has 2 rings (SSSR count). The van der Waals surface area contributed by atoms with Crippen molar-refractivity contribution in [2.24, 2.45) is 4.99 Å². The molecule has 6 nitrogen and oxygen atoms in total. The molecule has 0 aliphatic rings. The van der Waals surface area contributed by atoms with Crippen molar-refractivity contribution < 1.29 is 9.50 Å². The number of nitrogens with one attached hydrogen (secondary N) is 2. The number of aliphatic imine (C=N–C) groups is 1. The number of aromatic nitrogens is 2. The van der Waals surface area contributed by atoms with Crippen LogP contribution in [0.2, 0.25) is 0 Å². The van der Waals surface area contributed by atoms with E-state index in [1.807, 2.05) is 18.5 Å². The molecule has 0 saturated heterocycles. The number of aryl methyl sites for hydroxylation is 3. The predicted octanol–water partition coefficient (Wildman–Crippen LogP) is 2.28. The fourth-order valence-electron chi connectivity index (χ4n) is 2.70. The van der Waals surface area contributed by atoms with E-state index in [9.17, 15) is 4.39 Å². The molecule has 0 aliphatic heterocycles. The number of hydrogen-bond acceptors (Lipinski definition) is 3. The molecule has 0 aliphatic carbocycles. The Labute approximate surface area is 154 Å². The zero-order valence-electron chi connectivity index (χ0n) is 15.7. The molecular weight excluding hydrogens is 333 g/mol. The second-order valence-electron chi connectivity index (χ2n) is 6.21. The molecule has 0 unspecified atom stereocenters. The van der Waals surface area contributed by atoms with Crippen molar-refractivity contribution in [3.63, 3.8) is 0 Å². The SMILES string of the molecule is CCNC(=NCc1ccc(F)c(CO)c1)NCCCn1nc(C)cc1C. The highest BCUT2D eigenvalue weighted by atomic mass is 19.1. The van der Waals surface area contributed by atoms with Crippen LogP contribution in [0.15, 0.2) is 29.3 Å². The first kappa shape index (κ1) is 19.9. The molecule has 0 spiro atoms. The summed E-state index contributed by atoms with van der Waals surface area (Å²) in [7, 11) is 0. The van der Waals surface area contributed by atoms with E-state index in [0.717, 1.165) is 43.3 Å². The Morgan fingerprint density at radius 2 is 2.08 bits per heavy atom. The average Bonchev–Trinajstić information content (AvgIpc) is 2.94. The van der Waals surface area contributed by atoms with Crippen molar-refractivity contribution in [3.05, 3.63) is 52.6 Å². The monoisotopic (exact) mass is 361 g/mol. The van der Waals surface area contributed by atoms with Crippen molar-refractivity contribution in [2.45, 2.75) is 46.9 Å². The van der Waals surface area contributed by atoms with Gasteiger partial charge in [-0.15, -0.1) is 0 Å². The summed E-state index contributed by atoms with van der Waals surface area (Å²) in [4.78, 5) is 4.52. The van der Waals surface area contributed by atoms with Crippen LogP contribution in [0.25, 0.3) is 0 Å². The lowest BCUT2D eigenvalue weighted by atomic mass is 10.1. The number of aliphatic hydroxyl groups is 1. The molecule has 1 heterocycles. The lowest BCUT2D eigenvalue weighted by Crippen LogP contribution is -2.38. The van der Waals surface area contributed by atoms with E-state index in [-0.39, 0.29) is 6.61 Å². The second kappa shape index (κ2) is 9.91. The smallest absolute Gasteiger partial charge is 0.191 e. The van der Waals surface area contributed by atoms with Crippen LogP contribution in [0.5, 0.6) is 0 Å². The van der Waals surface area contributed by atoms with Gasteiger partial charge in [0.1, 0.15) is 5.82 Å². The van der Waals surface area contributed by atoms with Crippen molar-refractivity contribution in [1.82, 2.24) is 20.4 Å². The summed E-state index contributed by atoms with van der Waals surface area (Å²) in [6, 6.07) is 6.77. The molecule has 0 bridgehead atoms. The van der Waals surface area contributed by atoms with Crippen LogP contribution in [-0.2, 0) is 19.7 Å². The van der Waals surface area contributed by atoms with E-state index in [1.54, 1.807) is 12.1 Å². The number of aliphatic hydroxyl groups excluding tert-OH is 1. The van der Waals surface area contributed by atoms with E-state index in [1.165, 1.54) is 11.8 Å². The largest absolute Gasteiger partial charge is 0.392 e. The second-order valence-corrected chi connectivity index (χ2v) is 6.21. The Morgan fingerprint density at radius 3 is 2.73 bits per heavy atom. The van der Waals surface area contributed by atoms with Crippen molar-refractivity contribution >= 4 is 5.96 Å². The van der Waals surface area contributed by atoms with Crippen molar-refractivity contribution in [1.29, 1.82) is 0 Å². The molecule has 142 valence electrons. The fourth-order valence-corrected chi connectivity index (χ4v) is 2.70. The zero-order valence-corrected chi connectivity index (χ0v) is 15.7. The van der Waals surface area contributed by atoms with Crippen LogP contribution in [-0.4, -0.2) is 33.9 Å². The van der Waals surface area contributed by atoms with E-state index in [4.69, 9.17) is 5.11 Å². The third kappa shape index (κ3) is 5.84. The summed E-state index contributed by atoms with van der Waals surface area (Å²) in [5, 5.41) is 20.1. The number of halogens is 1. The molecule has 0 radical (unpaired) electrons. The van der Waals surface area contributed by atoms with E-state index in [0.29, 0.717) is 12.1 Å². The summed E-state index contributed by atoms with van der Waals surface area (Å²) < 4.78 is 15.4. The first-order chi connectivity index (χ1) is 12.5. The maximum absolute atomic E-state index is 13.4. The Balaban J connectivity index is 1.87. The molecule has 7 heteroatoms. The van der Waals surface area contributed by atoms with Gasteiger partial charge in [-0.05, 0) is 51.0 Å². The normalized spacial score (nSPS) is 11.7. The Bertz CT molecular complexity index is 742. The van der Waals surface area contributed by atoms with Gasteiger partial charge >= 0.3 is 0 Å². The van der Waals surface area contributed by atoms with Crippen LogP contribution in [0, 0.1) is 19.7 Å². The summed E-state index contributed by atoms with van der Waals surface area (Å²) in [6.07, 6.45) is 0.928. The summed E-state index contributed by atoms with van der Waals surface area (Å²) >= 11 is 0. The van der Waals surface area contributed by atoms with Gasteiger partial charge < -0.3 is 15.7 Å². The lowest BCUT2D eigenvalue weighted by molar-refractivity contribution is 0.275. The molecule has 1 aromatic carbocycles. The molecule has 2 aromatic rings. The van der Waals surface area contributed by atoms with Gasteiger partial charge in [0.25, 0.3) is 0 Å². The predicted molar refractivity (Wildman–Crippen MR) is 101 cm³/mol. The van der Waals surface area contributed by atoms with Gasteiger partial charge in [-0.1, -0.05) is 6.07 Å². The van der Waals surface area contributed by atoms with E-state index >= 15 is 0 Å². The van der Waals surface area contributed by atoms with Gasteiger partial charge in [-0.2, -0.15) is 5.10 Å². The molecule has 3 N–H and O–H groups in total. The quantitative estimate of drug-likeness (QED) is 0.383. The average molecular weight is 361 g/mol. The number of benzene rings is 1. The van der Waals surface area contributed by atoms with Crippen LogP contribution >= 0.6 is 0 Å². The van der Waals surface area contributed by atoms with Crippen molar-refractivity contribution in [2.75, 3.05) is 13.1 Å². The van der Waals surface area contributed by atoms with E-state index in [2.05, 4.69) is 33.7 Å². The van der Waals surface area contributed by atoms with E-state index < -0.39 is 5.82 Å². The number of guanidine groups is 1. The minimum atomic E-state index is -0.394. The molecule has 26 heavy (non-hydrogen) atoms. The van der Waals surface area contributed by atoms with Gasteiger partial charge in [-0.25, -0.2) is 9.38 Å². The molecule has 0 fully saturated rings. The first-order valence-corrected chi connectivity index (χ1v) is 8.95. The number of rotatable bonds is 8. The van der Waals surface area contributed by atoms with Gasteiger partial charge in [0.05, 0.1) is 18.8 Å². The molecular formula is C19H28FN5O. The number of nitrogens with zero attached hydrogens (tertiary/aromatic N) is 3. The standard InChI is InChI=1S/C19H28FN5O/c1-4-21-19(22-8-5-9-25-15(3)10-14(2)24-25)23-12-16-6-7-18(20)17(11-16)13-26/h6-7,10-11,26H,4-5,8-9,12-13H2,1-3H3,(H2,21,22,23). The maximum atomic E-state index is 13.4. The minimum Gasteiger partial charge on any atom is -0.392 e. The van der Waals surface area contributed by atoms with Gasteiger partial charge in [0.2, 0.25) is 0 Å². The van der Waals surface area contributed by atoms with Crippen molar-refractivity contribution in [3.8, 4) is 0 Å². The Morgan fingerprint density at radius 1 is 1.27 bits per heavy atom. The molecule has 0 atom stereocenters. The first-order valence-electron chi connectivity index (χ1n) is 8.95. The minimum absolute atomic E-state index is 0.292. The van der Waals surface area contributed by atoms with Gasteiger partial charge in [0.15, 0.2) is 5.96 Å². The molecule has 0 amide bonds. The van der Waals surface area contributed by atoms with Crippen LogP contribution in [0.3, 0.4) is 0 Å². The molecule has 0 saturated carbocycles.